The van der Waals surface area contributed by atoms with Gasteiger partial charge in [0.25, 0.3) is 5.91 Å². The van der Waals surface area contributed by atoms with Crippen molar-refractivity contribution in [3.8, 4) is 5.75 Å². The number of amides is 1. The quantitative estimate of drug-likeness (QED) is 0.654. The molecule has 2 aromatic rings. The van der Waals surface area contributed by atoms with Crippen molar-refractivity contribution in [3.05, 3.63) is 57.1 Å². The van der Waals surface area contributed by atoms with Crippen molar-refractivity contribution in [1.29, 1.82) is 0 Å². The minimum atomic E-state index is -1.05. The highest BCUT2D eigenvalue weighted by Gasteiger charge is 2.16. The number of aromatic carboxylic acids is 1. The highest BCUT2D eigenvalue weighted by molar-refractivity contribution is 7.80. The Balaban J connectivity index is 2.15. The van der Waals surface area contributed by atoms with E-state index < -0.39 is 11.9 Å². The molecule has 0 aromatic heterocycles. The molecule has 136 valence electrons. The zero-order valence-electron chi connectivity index (χ0n) is 13.7. The van der Waals surface area contributed by atoms with Gasteiger partial charge in [-0.15, -0.1) is 0 Å². The third-order valence-corrected chi connectivity index (χ3v) is 4.27. The van der Waals surface area contributed by atoms with Gasteiger partial charge in [0, 0.05) is 11.3 Å². The number of carboxylic acids is 1. The first-order valence-corrected chi connectivity index (χ1v) is 8.39. The van der Waals surface area contributed by atoms with Gasteiger partial charge in [0.2, 0.25) is 0 Å². The Labute approximate surface area is 165 Å². The number of carbonyl (C=O) groups excluding carboxylic acids is 1. The van der Waals surface area contributed by atoms with Crippen LogP contribution in [0, 0.1) is 6.92 Å². The Bertz CT molecular complexity index is 879. The van der Waals surface area contributed by atoms with Crippen LogP contribution < -0.4 is 15.4 Å². The maximum absolute atomic E-state index is 12.3. The molecule has 1 amide bonds. The molecule has 0 radical (unpaired) electrons. The summed E-state index contributed by atoms with van der Waals surface area (Å²) in [6.45, 7) is 1.64. The van der Waals surface area contributed by atoms with Crippen molar-refractivity contribution in [2.24, 2.45) is 0 Å². The zero-order chi connectivity index (χ0) is 19.4. The molecule has 2 rings (SSSR count). The van der Waals surface area contributed by atoms with E-state index in [1.165, 1.54) is 25.3 Å². The summed E-state index contributed by atoms with van der Waals surface area (Å²) in [5, 5.41) is 14.8. The molecule has 26 heavy (non-hydrogen) atoms. The molecule has 0 heterocycles. The smallest absolute Gasteiger partial charge is 0.336 e. The van der Waals surface area contributed by atoms with Gasteiger partial charge < -0.3 is 15.2 Å². The van der Waals surface area contributed by atoms with E-state index >= 15 is 0 Å². The van der Waals surface area contributed by atoms with Crippen LogP contribution in [0.2, 0.25) is 10.0 Å². The second-order valence-corrected chi connectivity index (χ2v) is 6.39. The lowest BCUT2D eigenvalue weighted by atomic mass is 10.1. The molecule has 0 unspecified atom stereocenters. The van der Waals surface area contributed by atoms with E-state index in [-0.39, 0.29) is 32.0 Å². The van der Waals surface area contributed by atoms with Gasteiger partial charge in [-0.3, -0.25) is 10.1 Å². The van der Waals surface area contributed by atoms with Gasteiger partial charge in [0.05, 0.1) is 22.7 Å². The van der Waals surface area contributed by atoms with Crippen molar-refractivity contribution in [3.63, 3.8) is 0 Å². The van der Waals surface area contributed by atoms with E-state index in [0.717, 1.165) is 0 Å². The van der Waals surface area contributed by atoms with Crippen LogP contribution in [0.4, 0.5) is 5.69 Å². The first-order valence-electron chi connectivity index (χ1n) is 7.23. The fourth-order valence-electron chi connectivity index (χ4n) is 2.22. The number of carboxylic acid groups (broad SMARTS) is 1. The number of nitrogens with one attached hydrogen (secondary N) is 2. The van der Waals surface area contributed by atoms with E-state index in [2.05, 4.69) is 10.6 Å². The van der Waals surface area contributed by atoms with Crippen LogP contribution in [-0.4, -0.2) is 29.2 Å². The SMILES string of the molecule is COc1c(Cl)cc(C(=O)NC(=S)Nc2cccc(C(=O)O)c2C)cc1Cl. The van der Waals surface area contributed by atoms with Gasteiger partial charge in [-0.2, -0.15) is 0 Å². The predicted octanol–water partition coefficient (Wildman–Crippen LogP) is 4.14. The summed E-state index contributed by atoms with van der Waals surface area (Å²) < 4.78 is 5.03. The molecular weight excluding hydrogens is 399 g/mol. The molecule has 0 aliphatic carbocycles. The van der Waals surface area contributed by atoms with E-state index in [4.69, 9.17) is 45.3 Å². The van der Waals surface area contributed by atoms with Crippen molar-refractivity contribution in [2.45, 2.75) is 6.92 Å². The number of carbonyl (C=O) groups is 2. The zero-order valence-corrected chi connectivity index (χ0v) is 16.1. The molecule has 0 spiro atoms. The fourth-order valence-corrected chi connectivity index (χ4v) is 3.06. The summed E-state index contributed by atoms with van der Waals surface area (Å²) in [6, 6.07) is 7.51. The van der Waals surface area contributed by atoms with Crippen LogP contribution in [0.1, 0.15) is 26.3 Å². The molecule has 6 nitrogen and oxygen atoms in total. The van der Waals surface area contributed by atoms with E-state index in [1.807, 2.05) is 0 Å². The number of hydrogen-bond acceptors (Lipinski definition) is 4. The molecule has 0 fully saturated rings. The summed E-state index contributed by atoms with van der Waals surface area (Å²) in [6.07, 6.45) is 0. The minimum Gasteiger partial charge on any atom is -0.494 e. The Morgan fingerprint density at radius 3 is 2.35 bits per heavy atom. The lowest BCUT2D eigenvalue weighted by Gasteiger charge is -2.14. The van der Waals surface area contributed by atoms with E-state index in [9.17, 15) is 9.59 Å². The minimum absolute atomic E-state index is 0.00343. The molecule has 3 N–H and O–H groups in total. The largest absolute Gasteiger partial charge is 0.494 e. The predicted molar refractivity (Wildman–Crippen MR) is 105 cm³/mol. The third-order valence-electron chi connectivity index (χ3n) is 3.50. The van der Waals surface area contributed by atoms with Crippen LogP contribution in [-0.2, 0) is 0 Å². The van der Waals surface area contributed by atoms with Crippen LogP contribution >= 0.6 is 35.4 Å². The summed E-state index contributed by atoms with van der Waals surface area (Å²) >= 11 is 17.2. The number of anilines is 1. The standard InChI is InChI=1S/C17H14Cl2N2O4S/c1-8-10(16(23)24)4-3-5-13(8)20-17(26)21-15(22)9-6-11(18)14(25-2)12(19)7-9/h3-7H,1-2H3,(H,23,24)(H2,20,21,22,26). The van der Waals surface area contributed by atoms with Crippen molar-refractivity contribution >= 4 is 58.1 Å². The van der Waals surface area contributed by atoms with Gasteiger partial charge in [-0.1, -0.05) is 29.3 Å². The van der Waals surface area contributed by atoms with E-state index in [1.54, 1.807) is 19.1 Å². The van der Waals surface area contributed by atoms with Crippen LogP contribution in [0.5, 0.6) is 5.75 Å². The number of ether oxygens (including phenoxy) is 1. The molecule has 0 saturated carbocycles. The third kappa shape index (κ3) is 4.43. The first kappa shape index (κ1) is 20.0. The number of hydrogen-bond donors (Lipinski definition) is 3. The summed E-state index contributed by atoms with van der Waals surface area (Å²) in [5.74, 6) is -1.31. The highest BCUT2D eigenvalue weighted by Crippen LogP contribution is 2.33. The van der Waals surface area contributed by atoms with Crippen LogP contribution in [0.25, 0.3) is 0 Å². The van der Waals surface area contributed by atoms with Gasteiger partial charge >= 0.3 is 5.97 Å². The number of halogens is 2. The molecule has 0 aliphatic rings. The van der Waals surface area contributed by atoms with E-state index in [0.29, 0.717) is 11.3 Å². The van der Waals surface area contributed by atoms with Crippen molar-refractivity contribution in [2.75, 3.05) is 12.4 Å². The Kier molecular flexibility index (Phi) is 6.42. The monoisotopic (exact) mass is 412 g/mol. The average molecular weight is 413 g/mol. The number of benzene rings is 2. The Morgan fingerprint density at radius 1 is 1.19 bits per heavy atom. The second-order valence-electron chi connectivity index (χ2n) is 5.16. The van der Waals surface area contributed by atoms with Crippen molar-refractivity contribution in [1.82, 2.24) is 5.32 Å². The van der Waals surface area contributed by atoms with Gasteiger partial charge in [-0.05, 0) is 49.0 Å². The number of rotatable bonds is 4. The van der Waals surface area contributed by atoms with Crippen LogP contribution in [0.3, 0.4) is 0 Å². The van der Waals surface area contributed by atoms with Crippen molar-refractivity contribution < 1.29 is 19.4 Å². The summed E-state index contributed by atoms with van der Waals surface area (Å²) in [5.41, 5.74) is 1.30. The highest BCUT2D eigenvalue weighted by atomic mass is 35.5. The van der Waals surface area contributed by atoms with Crippen LogP contribution in [0.15, 0.2) is 30.3 Å². The molecule has 0 bridgehead atoms. The first-order chi connectivity index (χ1) is 12.2. The molecule has 0 saturated heterocycles. The second kappa shape index (κ2) is 8.35. The van der Waals surface area contributed by atoms with Gasteiger partial charge in [0.1, 0.15) is 0 Å². The summed E-state index contributed by atoms with van der Waals surface area (Å²) in [7, 11) is 1.42. The molecule has 0 aliphatic heterocycles. The number of methoxy groups -OCH3 is 1. The maximum atomic E-state index is 12.3. The molecule has 2 aromatic carbocycles. The average Bonchev–Trinajstić information content (AvgIpc) is 2.56. The van der Waals surface area contributed by atoms with Gasteiger partial charge in [0.15, 0.2) is 10.9 Å². The topological polar surface area (TPSA) is 87.7 Å². The molecule has 0 atom stereocenters. The lowest BCUT2D eigenvalue weighted by Crippen LogP contribution is -2.34. The Hall–Kier alpha value is -2.35. The Morgan fingerprint density at radius 2 is 1.81 bits per heavy atom. The molecule has 9 heteroatoms. The normalized spacial score (nSPS) is 10.2. The van der Waals surface area contributed by atoms with Gasteiger partial charge in [-0.25, -0.2) is 4.79 Å². The number of thiocarbonyl (C=S) groups is 1. The fraction of sp³-hybridized carbons (Fsp3) is 0.118. The maximum Gasteiger partial charge on any atom is 0.336 e. The lowest BCUT2D eigenvalue weighted by molar-refractivity contribution is 0.0696. The molecular formula is C17H14Cl2N2O4S. The summed E-state index contributed by atoms with van der Waals surface area (Å²) in [4.78, 5) is 23.5.